The Morgan fingerprint density at radius 1 is 0.706 bits per heavy atom. The van der Waals surface area contributed by atoms with Crippen LogP contribution in [0.15, 0.2) is 102 Å². The highest BCUT2D eigenvalue weighted by atomic mass is 32.2. The quantitative estimate of drug-likeness (QED) is 0.191. The van der Waals surface area contributed by atoms with Gasteiger partial charge in [-0.2, -0.15) is 0 Å². The Hall–Kier alpha value is -3.10. The van der Waals surface area contributed by atoms with E-state index < -0.39 is 0 Å². The summed E-state index contributed by atoms with van der Waals surface area (Å²) in [6.45, 7) is 8.85. The lowest BCUT2D eigenvalue weighted by Crippen LogP contribution is -2.05. The van der Waals surface area contributed by atoms with Gasteiger partial charge in [0.1, 0.15) is 0 Å². The average molecular weight is 465 g/mol. The molecular formula is C32H32OS. The minimum absolute atomic E-state index is 0.0613. The maximum Gasteiger partial charge on any atom is 0.193 e. The second-order valence-electron chi connectivity index (χ2n) is 9.05. The first kappa shape index (κ1) is 24.0. The summed E-state index contributed by atoms with van der Waals surface area (Å²) < 4.78 is 0. The van der Waals surface area contributed by atoms with E-state index in [1.807, 2.05) is 48.2 Å². The van der Waals surface area contributed by atoms with Gasteiger partial charge in [0, 0.05) is 21.3 Å². The Balaban J connectivity index is 1.78. The number of carbonyl (C=O) groups is 1. The zero-order chi connectivity index (χ0) is 24.1. The van der Waals surface area contributed by atoms with E-state index in [-0.39, 0.29) is 5.78 Å². The molecule has 0 saturated carbocycles. The predicted molar refractivity (Wildman–Crippen MR) is 147 cm³/mol. The van der Waals surface area contributed by atoms with Crippen LogP contribution in [0.1, 0.15) is 61.5 Å². The molecule has 1 nitrogen and oxygen atoms in total. The van der Waals surface area contributed by atoms with Gasteiger partial charge >= 0.3 is 0 Å². The van der Waals surface area contributed by atoms with Crippen LogP contribution in [0.3, 0.4) is 0 Å². The number of ketones is 1. The smallest absolute Gasteiger partial charge is 0.193 e. The molecule has 0 aromatic heterocycles. The van der Waals surface area contributed by atoms with Gasteiger partial charge in [-0.1, -0.05) is 100 Å². The van der Waals surface area contributed by atoms with Crippen molar-refractivity contribution >= 4 is 17.5 Å². The third kappa shape index (κ3) is 5.34. The lowest BCUT2D eigenvalue weighted by Gasteiger charge is -2.17. The molecule has 2 heteroatoms. The lowest BCUT2D eigenvalue weighted by atomic mass is 9.87. The third-order valence-corrected chi connectivity index (χ3v) is 7.31. The Bertz CT molecular complexity index is 1260. The van der Waals surface area contributed by atoms with E-state index in [2.05, 4.69) is 88.4 Å². The van der Waals surface area contributed by atoms with Gasteiger partial charge in [0.25, 0.3) is 0 Å². The van der Waals surface area contributed by atoms with Gasteiger partial charge in [0.05, 0.1) is 0 Å². The summed E-state index contributed by atoms with van der Waals surface area (Å²) in [4.78, 5) is 14.9. The SMILES string of the molecule is CCC(C)c1ccc(C(=O)c2ccc(SC(C)C)c(-c3ccccc3)c2)cc1-c1ccccc1. The van der Waals surface area contributed by atoms with Gasteiger partial charge in [-0.15, -0.1) is 11.8 Å². The van der Waals surface area contributed by atoms with Crippen molar-refractivity contribution in [2.45, 2.75) is 50.2 Å². The maximum absolute atomic E-state index is 13.7. The van der Waals surface area contributed by atoms with Gasteiger partial charge in [-0.25, -0.2) is 0 Å². The molecule has 0 fully saturated rings. The Morgan fingerprint density at radius 3 is 1.79 bits per heavy atom. The maximum atomic E-state index is 13.7. The van der Waals surface area contributed by atoms with Crippen LogP contribution in [-0.2, 0) is 0 Å². The van der Waals surface area contributed by atoms with Crippen LogP contribution in [0.2, 0.25) is 0 Å². The molecule has 172 valence electrons. The molecule has 0 heterocycles. The van der Waals surface area contributed by atoms with E-state index in [4.69, 9.17) is 0 Å². The summed E-state index contributed by atoms with van der Waals surface area (Å²) in [5.74, 6) is 0.488. The number of hydrogen-bond donors (Lipinski definition) is 0. The number of hydrogen-bond acceptors (Lipinski definition) is 2. The van der Waals surface area contributed by atoms with E-state index in [9.17, 15) is 4.79 Å². The van der Waals surface area contributed by atoms with Gasteiger partial charge in [-0.05, 0) is 64.4 Å². The molecule has 0 saturated heterocycles. The molecule has 0 aliphatic rings. The summed E-state index contributed by atoms with van der Waals surface area (Å²) in [5.41, 5.74) is 7.30. The molecule has 1 atom stereocenters. The minimum atomic E-state index is 0.0613. The standard InChI is InChI=1S/C32H32OS/c1-5-23(4)28-18-16-26(20-29(28)24-12-8-6-9-13-24)32(33)27-17-19-31(34-22(2)3)30(21-27)25-14-10-7-11-15-25/h6-23H,5H2,1-4H3. The van der Waals surface area contributed by atoms with Gasteiger partial charge < -0.3 is 0 Å². The fourth-order valence-corrected chi connectivity index (χ4v) is 5.21. The molecule has 4 aromatic carbocycles. The van der Waals surface area contributed by atoms with E-state index in [0.717, 1.165) is 39.8 Å². The molecule has 0 radical (unpaired) electrons. The molecule has 4 aromatic rings. The van der Waals surface area contributed by atoms with Crippen molar-refractivity contribution in [1.29, 1.82) is 0 Å². The highest BCUT2D eigenvalue weighted by molar-refractivity contribution is 8.00. The molecule has 0 aliphatic carbocycles. The lowest BCUT2D eigenvalue weighted by molar-refractivity contribution is 0.103. The Labute approximate surface area is 208 Å². The Kier molecular flexibility index (Phi) is 7.70. The van der Waals surface area contributed by atoms with Crippen molar-refractivity contribution in [3.8, 4) is 22.3 Å². The minimum Gasteiger partial charge on any atom is -0.289 e. The molecule has 1 unspecified atom stereocenters. The predicted octanol–water partition coefficient (Wildman–Crippen LogP) is 9.27. The summed E-state index contributed by atoms with van der Waals surface area (Å²) in [6, 6.07) is 33.1. The van der Waals surface area contributed by atoms with Crippen LogP contribution < -0.4 is 0 Å². The molecule has 34 heavy (non-hydrogen) atoms. The second kappa shape index (κ2) is 10.9. The fraction of sp³-hybridized carbons (Fsp3) is 0.219. The van der Waals surface area contributed by atoms with Crippen molar-refractivity contribution in [1.82, 2.24) is 0 Å². The normalized spacial score (nSPS) is 12.0. The molecule has 0 bridgehead atoms. The first-order valence-electron chi connectivity index (χ1n) is 12.1. The second-order valence-corrected chi connectivity index (χ2v) is 10.7. The van der Waals surface area contributed by atoms with Crippen LogP contribution in [0.25, 0.3) is 22.3 Å². The number of benzene rings is 4. The monoisotopic (exact) mass is 464 g/mol. The van der Waals surface area contributed by atoms with Crippen molar-refractivity contribution in [2.24, 2.45) is 0 Å². The topological polar surface area (TPSA) is 17.1 Å². The highest BCUT2D eigenvalue weighted by Crippen LogP contribution is 2.36. The van der Waals surface area contributed by atoms with E-state index in [1.54, 1.807) is 0 Å². The Morgan fingerprint density at radius 2 is 1.24 bits per heavy atom. The average Bonchev–Trinajstić information content (AvgIpc) is 2.88. The number of carbonyl (C=O) groups excluding carboxylic acids is 1. The van der Waals surface area contributed by atoms with Gasteiger partial charge in [0.15, 0.2) is 5.78 Å². The summed E-state index contributed by atoms with van der Waals surface area (Å²) in [7, 11) is 0. The number of thioether (sulfide) groups is 1. The van der Waals surface area contributed by atoms with E-state index in [0.29, 0.717) is 11.2 Å². The fourth-order valence-electron chi connectivity index (χ4n) is 4.25. The van der Waals surface area contributed by atoms with Crippen molar-refractivity contribution in [3.05, 3.63) is 114 Å². The highest BCUT2D eigenvalue weighted by Gasteiger charge is 2.18. The summed E-state index contributed by atoms with van der Waals surface area (Å²) in [6.07, 6.45) is 1.06. The van der Waals surface area contributed by atoms with Crippen molar-refractivity contribution in [3.63, 3.8) is 0 Å². The van der Waals surface area contributed by atoms with Crippen LogP contribution in [0, 0.1) is 0 Å². The zero-order valence-electron chi connectivity index (χ0n) is 20.4. The van der Waals surface area contributed by atoms with Gasteiger partial charge in [0.2, 0.25) is 0 Å². The van der Waals surface area contributed by atoms with Crippen LogP contribution >= 0.6 is 11.8 Å². The van der Waals surface area contributed by atoms with E-state index in [1.165, 1.54) is 10.5 Å². The van der Waals surface area contributed by atoms with Crippen LogP contribution in [-0.4, -0.2) is 11.0 Å². The molecule has 4 rings (SSSR count). The molecule has 0 amide bonds. The number of rotatable bonds is 8. The largest absolute Gasteiger partial charge is 0.289 e. The van der Waals surface area contributed by atoms with Crippen LogP contribution in [0.5, 0.6) is 0 Å². The third-order valence-electron chi connectivity index (χ3n) is 6.23. The molecule has 0 N–H and O–H groups in total. The summed E-state index contributed by atoms with van der Waals surface area (Å²) >= 11 is 1.83. The zero-order valence-corrected chi connectivity index (χ0v) is 21.2. The first-order chi connectivity index (χ1) is 16.5. The van der Waals surface area contributed by atoms with Crippen LogP contribution in [0.4, 0.5) is 0 Å². The van der Waals surface area contributed by atoms with Crippen molar-refractivity contribution < 1.29 is 4.79 Å². The molecule has 0 spiro atoms. The van der Waals surface area contributed by atoms with Crippen molar-refractivity contribution in [2.75, 3.05) is 0 Å². The van der Waals surface area contributed by atoms with Gasteiger partial charge in [-0.3, -0.25) is 4.79 Å². The molecular weight excluding hydrogens is 432 g/mol. The first-order valence-corrected chi connectivity index (χ1v) is 13.0. The molecule has 0 aliphatic heterocycles. The van der Waals surface area contributed by atoms with E-state index >= 15 is 0 Å². The summed E-state index contributed by atoms with van der Waals surface area (Å²) in [5, 5.41) is 0.463.